The molecule has 0 aliphatic carbocycles. The van der Waals surface area contributed by atoms with E-state index in [1.165, 1.54) is 0 Å². The Hall–Kier alpha value is -3.99. The van der Waals surface area contributed by atoms with Crippen molar-refractivity contribution in [3.8, 4) is 11.5 Å². The number of fused-ring (bicyclic) bond motifs is 1. The molecule has 0 bridgehead atoms. The molecule has 4 aromatic rings. The number of carbonyl (C=O) groups excluding carboxylic acids is 1. The van der Waals surface area contributed by atoms with E-state index in [1.54, 1.807) is 0 Å². The van der Waals surface area contributed by atoms with Crippen LogP contribution in [0.25, 0.3) is 0 Å². The summed E-state index contributed by atoms with van der Waals surface area (Å²) in [6.45, 7) is 3.40. The number of rotatable bonds is 4. The lowest BCUT2D eigenvalue weighted by molar-refractivity contribution is 0.181. The van der Waals surface area contributed by atoms with Crippen molar-refractivity contribution in [1.82, 2.24) is 9.47 Å². The Bertz CT molecular complexity index is 1230. The molecule has 0 unspecified atom stereocenters. The van der Waals surface area contributed by atoms with Crippen LogP contribution in [0.1, 0.15) is 22.9 Å². The van der Waals surface area contributed by atoms with Gasteiger partial charge in [-0.2, -0.15) is 0 Å². The first-order chi connectivity index (χ1) is 15.7. The van der Waals surface area contributed by atoms with Crippen molar-refractivity contribution in [1.29, 1.82) is 0 Å². The minimum absolute atomic E-state index is 0.109. The lowest BCUT2D eigenvalue weighted by Gasteiger charge is -2.37. The number of hydrogen-bond acceptors (Lipinski definition) is 2. The van der Waals surface area contributed by atoms with Gasteiger partial charge in [0.25, 0.3) is 0 Å². The zero-order chi connectivity index (χ0) is 21.9. The highest BCUT2D eigenvalue weighted by molar-refractivity contribution is 5.90. The number of hydrogen-bond donors (Lipinski definition) is 1. The largest absolute Gasteiger partial charge is 0.457 e. The maximum atomic E-state index is 13.3. The Kier molecular flexibility index (Phi) is 5.38. The van der Waals surface area contributed by atoms with Crippen molar-refractivity contribution < 1.29 is 9.53 Å². The van der Waals surface area contributed by atoms with Gasteiger partial charge >= 0.3 is 6.03 Å². The van der Waals surface area contributed by atoms with E-state index < -0.39 is 0 Å². The van der Waals surface area contributed by atoms with Crippen molar-refractivity contribution in [3.05, 3.63) is 114 Å². The number of nitrogens with one attached hydrogen (secondary N) is 1. The molecule has 32 heavy (non-hydrogen) atoms. The van der Waals surface area contributed by atoms with Gasteiger partial charge in [0.15, 0.2) is 0 Å². The van der Waals surface area contributed by atoms with Gasteiger partial charge in [0, 0.05) is 30.7 Å². The van der Waals surface area contributed by atoms with Crippen LogP contribution in [0.5, 0.6) is 11.5 Å². The highest BCUT2D eigenvalue weighted by atomic mass is 16.5. The van der Waals surface area contributed by atoms with Crippen molar-refractivity contribution in [2.75, 3.05) is 11.9 Å². The maximum Gasteiger partial charge on any atom is 0.322 e. The summed E-state index contributed by atoms with van der Waals surface area (Å²) in [5.41, 5.74) is 4.01. The van der Waals surface area contributed by atoms with Crippen LogP contribution in [0.4, 0.5) is 10.5 Å². The highest BCUT2D eigenvalue weighted by Crippen LogP contribution is 2.35. The van der Waals surface area contributed by atoms with Crippen molar-refractivity contribution in [2.45, 2.75) is 19.5 Å². The standard InChI is InChI=1S/C27H25N3O2/c1-20-8-5-10-22(18-20)28-27(31)30-17-16-29-15-7-14-25(29)26(30)21-9-6-13-24(19-21)32-23-11-3-2-4-12-23/h2-15,18-19,26H,16-17H2,1H3,(H,28,31)/t26-/m0/s1. The molecule has 0 saturated heterocycles. The Balaban J connectivity index is 1.46. The molecule has 3 aromatic carbocycles. The van der Waals surface area contributed by atoms with Crippen molar-refractivity contribution in [2.24, 2.45) is 0 Å². The van der Waals surface area contributed by atoms with Gasteiger partial charge in [0.05, 0.1) is 6.04 Å². The van der Waals surface area contributed by atoms with E-state index in [9.17, 15) is 4.79 Å². The van der Waals surface area contributed by atoms with Crippen LogP contribution in [0.2, 0.25) is 0 Å². The second-order valence-corrected chi connectivity index (χ2v) is 8.01. The Labute approximate surface area is 187 Å². The predicted octanol–water partition coefficient (Wildman–Crippen LogP) is 6.23. The van der Waals surface area contributed by atoms with Crippen LogP contribution in [-0.2, 0) is 6.54 Å². The van der Waals surface area contributed by atoms with Crippen molar-refractivity contribution in [3.63, 3.8) is 0 Å². The molecule has 1 aromatic heterocycles. The van der Waals surface area contributed by atoms with E-state index in [2.05, 4.69) is 28.2 Å². The number of para-hydroxylation sites is 1. The molecule has 5 nitrogen and oxygen atoms in total. The monoisotopic (exact) mass is 423 g/mol. The number of anilines is 1. The topological polar surface area (TPSA) is 46.5 Å². The third kappa shape index (κ3) is 4.10. The summed E-state index contributed by atoms with van der Waals surface area (Å²) >= 11 is 0. The lowest BCUT2D eigenvalue weighted by atomic mass is 10.00. The van der Waals surface area contributed by atoms with Gasteiger partial charge in [0.1, 0.15) is 11.5 Å². The fourth-order valence-electron chi connectivity index (χ4n) is 4.24. The SMILES string of the molecule is Cc1cccc(NC(=O)N2CCn3cccc3[C@@H]2c2cccc(Oc3ccccc3)c2)c1. The zero-order valence-corrected chi connectivity index (χ0v) is 17.9. The first-order valence-corrected chi connectivity index (χ1v) is 10.8. The average molecular weight is 424 g/mol. The summed E-state index contributed by atoms with van der Waals surface area (Å²) in [4.78, 5) is 15.2. The van der Waals surface area contributed by atoms with Gasteiger partial charge in [-0.1, -0.05) is 42.5 Å². The molecule has 5 heteroatoms. The summed E-state index contributed by atoms with van der Waals surface area (Å²) in [6, 6.07) is 29.4. The second kappa shape index (κ2) is 8.63. The molecule has 0 fully saturated rings. The van der Waals surface area contributed by atoms with Crippen LogP contribution < -0.4 is 10.1 Å². The summed E-state index contributed by atoms with van der Waals surface area (Å²) in [6.07, 6.45) is 2.07. The van der Waals surface area contributed by atoms with Crippen LogP contribution in [-0.4, -0.2) is 22.0 Å². The average Bonchev–Trinajstić information content (AvgIpc) is 3.28. The van der Waals surface area contributed by atoms with Crippen LogP contribution in [0.15, 0.2) is 97.2 Å². The van der Waals surface area contributed by atoms with Crippen LogP contribution in [0, 0.1) is 6.92 Å². The summed E-state index contributed by atoms with van der Waals surface area (Å²) < 4.78 is 8.27. The second-order valence-electron chi connectivity index (χ2n) is 8.01. The third-order valence-electron chi connectivity index (χ3n) is 5.72. The highest BCUT2D eigenvalue weighted by Gasteiger charge is 2.32. The normalized spacial score (nSPS) is 15.2. The number of benzene rings is 3. The minimum atomic E-state index is -0.206. The van der Waals surface area contributed by atoms with E-state index in [0.717, 1.165) is 40.6 Å². The summed E-state index contributed by atoms with van der Waals surface area (Å²) in [7, 11) is 0. The molecule has 0 radical (unpaired) electrons. The Morgan fingerprint density at radius 2 is 1.69 bits per heavy atom. The maximum absolute atomic E-state index is 13.3. The van der Waals surface area contributed by atoms with Crippen molar-refractivity contribution >= 4 is 11.7 Å². The fraction of sp³-hybridized carbons (Fsp3) is 0.148. The molecule has 1 aliphatic rings. The van der Waals surface area contributed by atoms with E-state index in [4.69, 9.17) is 4.74 Å². The number of ether oxygens (including phenoxy) is 1. The van der Waals surface area contributed by atoms with Gasteiger partial charge in [-0.3, -0.25) is 0 Å². The van der Waals surface area contributed by atoms with Crippen LogP contribution >= 0.6 is 0 Å². The quantitative estimate of drug-likeness (QED) is 0.423. The first-order valence-electron chi connectivity index (χ1n) is 10.8. The van der Waals surface area contributed by atoms with Gasteiger partial charge in [-0.05, 0) is 66.6 Å². The van der Waals surface area contributed by atoms with Gasteiger partial charge in [-0.15, -0.1) is 0 Å². The molecule has 2 amide bonds. The Morgan fingerprint density at radius 1 is 0.875 bits per heavy atom. The fourth-order valence-corrected chi connectivity index (χ4v) is 4.24. The van der Waals surface area contributed by atoms with E-state index in [-0.39, 0.29) is 12.1 Å². The molecule has 1 atom stereocenters. The molecule has 5 rings (SSSR count). The van der Waals surface area contributed by atoms with Gasteiger partial charge in [0.2, 0.25) is 0 Å². The Morgan fingerprint density at radius 3 is 2.53 bits per heavy atom. The van der Waals surface area contributed by atoms with Crippen LogP contribution in [0.3, 0.4) is 0 Å². The number of aromatic nitrogens is 1. The number of amides is 2. The predicted molar refractivity (Wildman–Crippen MR) is 126 cm³/mol. The van der Waals surface area contributed by atoms with E-state index >= 15 is 0 Å². The number of nitrogens with zero attached hydrogens (tertiary/aromatic N) is 2. The smallest absolute Gasteiger partial charge is 0.322 e. The molecule has 0 saturated carbocycles. The molecule has 1 aliphatic heterocycles. The molecule has 1 N–H and O–H groups in total. The zero-order valence-electron chi connectivity index (χ0n) is 17.9. The molecular weight excluding hydrogens is 398 g/mol. The summed E-state index contributed by atoms with van der Waals surface area (Å²) in [5.74, 6) is 1.53. The minimum Gasteiger partial charge on any atom is -0.457 e. The van der Waals surface area contributed by atoms with Gasteiger partial charge < -0.3 is 19.5 Å². The lowest BCUT2D eigenvalue weighted by Crippen LogP contribution is -2.44. The summed E-state index contributed by atoms with van der Waals surface area (Å²) in [5, 5.41) is 3.08. The van der Waals surface area contributed by atoms with E-state index in [1.807, 2.05) is 90.7 Å². The van der Waals surface area contributed by atoms with E-state index in [0.29, 0.717) is 6.54 Å². The molecule has 160 valence electrons. The third-order valence-corrected chi connectivity index (χ3v) is 5.72. The molecular formula is C27H25N3O2. The number of carbonyl (C=O) groups is 1. The molecule has 0 spiro atoms. The first kappa shape index (κ1) is 19.9. The molecule has 2 heterocycles. The number of urea groups is 1. The number of aryl methyl sites for hydroxylation is 1. The van der Waals surface area contributed by atoms with Gasteiger partial charge in [-0.25, -0.2) is 4.79 Å².